The molecule has 0 radical (unpaired) electrons. The standard InChI is InChI=1S/C25H31FN4O3/c1-16(2)13-30-15-28-24-22(25(30)32)21(17(3)33-24)23(31)27-12-18-8-10-29(11-9-18)14-19-6-4-5-7-20(19)26/h4-7,15-16,18H,8-14H2,1-3H3,(H,27,31). The van der Waals surface area contributed by atoms with Gasteiger partial charge in [0.1, 0.15) is 23.3 Å². The molecule has 1 fully saturated rings. The molecule has 0 spiro atoms. The maximum Gasteiger partial charge on any atom is 0.265 e. The number of rotatable bonds is 7. The molecule has 3 aromatic rings. The van der Waals surface area contributed by atoms with E-state index < -0.39 is 0 Å². The van der Waals surface area contributed by atoms with Crippen molar-refractivity contribution in [1.29, 1.82) is 0 Å². The first-order valence-electron chi connectivity index (χ1n) is 11.6. The van der Waals surface area contributed by atoms with Crippen LogP contribution in [0.2, 0.25) is 0 Å². The number of hydrogen-bond acceptors (Lipinski definition) is 5. The highest BCUT2D eigenvalue weighted by molar-refractivity contribution is 6.06. The second-order valence-corrected chi connectivity index (χ2v) is 9.33. The lowest BCUT2D eigenvalue weighted by molar-refractivity contribution is 0.0935. The Labute approximate surface area is 192 Å². The summed E-state index contributed by atoms with van der Waals surface area (Å²) < 4.78 is 21.1. The zero-order valence-electron chi connectivity index (χ0n) is 19.4. The lowest BCUT2D eigenvalue weighted by Crippen LogP contribution is -2.38. The van der Waals surface area contributed by atoms with Crippen LogP contribution in [0.15, 0.2) is 39.8 Å². The van der Waals surface area contributed by atoms with Gasteiger partial charge in [0.15, 0.2) is 0 Å². The van der Waals surface area contributed by atoms with Gasteiger partial charge in [0.25, 0.3) is 11.5 Å². The lowest BCUT2D eigenvalue weighted by atomic mass is 9.96. The molecular formula is C25H31FN4O3. The molecule has 0 aliphatic carbocycles. The van der Waals surface area contributed by atoms with Gasteiger partial charge in [-0.05, 0) is 50.8 Å². The van der Waals surface area contributed by atoms with E-state index in [2.05, 4.69) is 15.2 Å². The molecule has 0 unspecified atom stereocenters. The summed E-state index contributed by atoms with van der Waals surface area (Å²) in [7, 11) is 0. The van der Waals surface area contributed by atoms with Crippen LogP contribution in [0.1, 0.15) is 48.4 Å². The summed E-state index contributed by atoms with van der Waals surface area (Å²) in [6.07, 6.45) is 3.32. The van der Waals surface area contributed by atoms with Gasteiger partial charge < -0.3 is 9.73 Å². The minimum absolute atomic E-state index is 0.170. The van der Waals surface area contributed by atoms with Gasteiger partial charge >= 0.3 is 0 Å². The Morgan fingerprint density at radius 3 is 2.70 bits per heavy atom. The molecule has 0 atom stereocenters. The summed E-state index contributed by atoms with van der Waals surface area (Å²) in [6.45, 7) is 9.08. The van der Waals surface area contributed by atoms with E-state index in [1.165, 1.54) is 17.0 Å². The van der Waals surface area contributed by atoms with Crippen LogP contribution in [0.3, 0.4) is 0 Å². The molecule has 0 saturated carbocycles. The van der Waals surface area contributed by atoms with E-state index in [-0.39, 0.29) is 39.9 Å². The van der Waals surface area contributed by atoms with Crippen molar-refractivity contribution in [2.45, 2.75) is 46.7 Å². The third-order valence-electron chi connectivity index (χ3n) is 6.25. The van der Waals surface area contributed by atoms with Crippen molar-refractivity contribution in [3.8, 4) is 0 Å². The lowest BCUT2D eigenvalue weighted by Gasteiger charge is -2.32. The summed E-state index contributed by atoms with van der Waals surface area (Å²) >= 11 is 0. The van der Waals surface area contributed by atoms with Gasteiger partial charge in [-0.15, -0.1) is 0 Å². The molecule has 4 rings (SSSR count). The number of furan rings is 1. The normalized spacial score (nSPS) is 15.4. The average Bonchev–Trinajstić information content (AvgIpc) is 3.13. The maximum atomic E-state index is 13.9. The number of piperidine rings is 1. The number of carbonyl (C=O) groups excluding carboxylic acids is 1. The molecule has 2 aromatic heterocycles. The van der Waals surface area contributed by atoms with Crippen LogP contribution in [-0.4, -0.2) is 40.0 Å². The Balaban J connectivity index is 1.38. The molecule has 1 aliphatic heterocycles. The predicted octanol–water partition coefficient (Wildman–Crippen LogP) is 3.74. The van der Waals surface area contributed by atoms with Gasteiger partial charge in [0.05, 0.1) is 5.56 Å². The van der Waals surface area contributed by atoms with Crippen molar-refractivity contribution < 1.29 is 13.6 Å². The van der Waals surface area contributed by atoms with Gasteiger partial charge in [-0.2, -0.15) is 0 Å². The fourth-order valence-electron chi connectivity index (χ4n) is 4.48. The van der Waals surface area contributed by atoms with Gasteiger partial charge in [-0.3, -0.25) is 19.1 Å². The van der Waals surface area contributed by atoms with E-state index in [1.54, 1.807) is 13.0 Å². The molecule has 1 aromatic carbocycles. The van der Waals surface area contributed by atoms with Crippen molar-refractivity contribution >= 4 is 17.0 Å². The monoisotopic (exact) mass is 454 g/mol. The van der Waals surface area contributed by atoms with E-state index >= 15 is 0 Å². The van der Waals surface area contributed by atoms with E-state index in [0.29, 0.717) is 36.9 Å². The third kappa shape index (κ3) is 5.16. The number of fused-ring (bicyclic) bond motifs is 1. The summed E-state index contributed by atoms with van der Waals surface area (Å²) in [4.78, 5) is 32.5. The average molecular weight is 455 g/mol. The second kappa shape index (κ2) is 9.87. The van der Waals surface area contributed by atoms with Crippen molar-refractivity contribution in [2.24, 2.45) is 11.8 Å². The Kier molecular flexibility index (Phi) is 6.93. The number of hydrogen-bond donors (Lipinski definition) is 1. The third-order valence-corrected chi connectivity index (χ3v) is 6.25. The van der Waals surface area contributed by atoms with E-state index in [1.807, 2.05) is 26.0 Å². The zero-order valence-corrected chi connectivity index (χ0v) is 19.4. The number of halogens is 1. The van der Waals surface area contributed by atoms with Crippen LogP contribution < -0.4 is 10.9 Å². The SMILES string of the molecule is Cc1oc2ncn(CC(C)C)c(=O)c2c1C(=O)NCC1CCN(Cc2ccccc2F)CC1. The number of nitrogens with one attached hydrogen (secondary N) is 1. The van der Waals surface area contributed by atoms with Crippen LogP contribution >= 0.6 is 0 Å². The highest BCUT2D eigenvalue weighted by Gasteiger charge is 2.25. The second-order valence-electron chi connectivity index (χ2n) is 9.33. The van der Waals surface area contributed by atoms with Gasteiger partial charge in [0.2, 0.25) is 5.71 Å². The van der Waals surface area contributed by atoms with Crippen molar-refractivity contribution in [2.75, 3.05) is 19.6 Å². The first-order chi connectivity index (χ1) is 15.8. The van der Waals surface area contributed by atoms with Crippen LogP contribution in [0.4, 0.5) is 4.39 Å². The van der Waals surface area contributed by atoms with Crippen LogP contribution in [0.25, 0.3) is 11.1 Å². The fourth-order valence-corrected chi connectivity index (χ4v) is 4.48. The van der Waals surface area contributed by atoms with Crippen molar-refractivity contribution in [3.05, 3.63) is 63.7 Å². The number of carbonyl (C=O) groups is 1. The topological polar surface area (TPSA) is 80.4 Å². The highest BCUT2D eigenvalue weighted by Crippen LogP contribution is 2.22. The number of likely N-dealkylation sites (tertiary alicyclic amines) is 1. The summed E-state index contributed by atoms with van der Waals surface area (Å²) in [5, 5.41) is 3.24. The number of benzene rings is 1. The summed E-state index contributed by atoms with van der Waals surface area (Å²) in [5.41, 5.74) is 0.933. The van der Waals surface area contributed by atoms with Crippen LogP contribution in [0.5, 0.6) is 0 Å². The van der Waals surface area contributed by atoms with Crippen LogP contribution in [0, 0.1) is 24.6 Å². The summed E-state index contributed by atoms with van der Waals surface area (Å²) in [6, 6.07) is 6.87. The molecule has 33 heavy (non-hydrogen) atoms. The largest absolute Gasteiger partial charge is 0.442 e. The molecule has 0 bridgehead atoms. The molecule has 176 valence electrons. The van der Waals surface area contributed by atoms with Crippen LogP contribution in [-0.2, 0) is 13.1 Å². The van der Waals surface area contributed by atoms with Gasteiger partial charge in [-0.1, -0.05) is 32.0 Å². The first kappa shape index (κ1) is 23.2. The molecular weight excluding hydrogens is 423 g/mol. The number of nitrogens with zero attached hydrogens (tertiary/aromatic N) is 3. The molecule has 1 amide bonds. The minimum atomic E-state index is -0.304. The molecule has 8 heteroatoms. The van der Waals surface area contributed by atoms with E-state index in [4.69, 9.17) is 4.42 Å². The Bertz CT molecular complexity index is 1190. The molecule has 1 N–H and O–H groups in total. The number of aryl methyl sites for hydroxylation is 1. The summed E-state index contributed by atoms with van der Waals surface area (Å²) in [5.74, 6) is 0.531. The highest BCUT2D eigenvalue weighted by atomic mass is 19.1. The van der Waals surface area contributed by atoms with E-state index in [9.17, 15) is 14.0 Å². The number of aromatic nitrogens is 2. The Morgan fingerprint density at radius 1 is 1.27 bits per heavy atom. The van der Waals surface area contributed by atoms with Crippen molar-refractivity contribution in [3.63, 3.8) is 0 Å². The maximum absolute atomic E-state index is 13.9. The molecule has 1 aliphatic rings. The van der Waals surface area contributed by atoms with E-state index in [0.717, 1.165) is 25.9 Å². The molecule has 1 saturated heterocycles. The zero-order chi connectivity index (χ0) is 23.5. The predicted molar refractivity (Wildman–Crippen MR) is 125 cm³/mol. The first-order valence-corrected chi connectivity index (χ1v) is 11.6. The number of amides is 1. The Hall–Kier alpha value is -3.00. The smallest absolute Gasteiger partial charge is 0.265 e. The van der Waals surface area contributed by atoms with Crippen molar-refractivity contribution in [1.82, 2.24) is 19.8 Å². The molecule has 7 nitrogen and oxygen atoms in total. The quantitative estimate of drug-likeness (QED) is 0.588. The van der Waals surface area contributed by atoms with Gasteiger partial charge in [0, 0.05) is 25.2 Å². The fraction of sp³-hybridized carbons (Fsp3) is 0.480. The molecule has 3 heterocycles. The Morgan fingerprint density at radius 2 is 2.00 bits per heavy atom. The van der Waals surface area contributed by atoms with Gasteiger partial charge in [-0.25, -0.2) is 9.37 Å². The minimum Gasteiger partial charge on any atom is -0.442 e.